The van der Waals surface area contributed by atoms with Gasteiger partial charge in [-0.05, 0) is 66.7 Å². The first-order valence-electron chi connectivity index (χ1n) is 13.9. The highest BCUT2D eigenvalue weighted by atomic mass is 31.0. The average Bonchev–Trinajstić information content (AvgIpc) is 2.69. The number of ether oxygens (including phenoxy) is 2. The maximum Gasteiger partial charge on any atom is 0.311 e. The zero-order valence-electron chi connectivity index (χ0n) is 26.7. The zero-order valence-corrected chi connectivity index (χ0v) is 27.8. The Bertz CT molecular complexity index is 848. The van der Waals surface area contributed by atoms with Crippen molar-refractivity contribution in [3.63, 3.8) is 0 Å². The lowest BCUT2D eigenvalue weighted by molar-refractivity contribution is -0.160. The molecule has 0 heterocycles. The molecule has 38 heavy (non-hydrogen) atoms. The summed E-state index contributed by atoms with van der Waals surface area (Å²) in [6.07, 6.45) is 3.59. The molecule has 1 atom stereocenters. The molecular weight excluding hydrogens is 499 g/mol. The SMILES string of the molecule is CC(=O)C(C)(C)CC(C)(C)C(=O)OCC(C)(C)CCOC(C)(C)CCCC(=O)C(C)(C)CC(C)(C)C(=O)P. The molecule has 7 heteroatoms. The van der Waals surface area contributed by atoms with Gasteiger partial charge in [0.15, 0.2) is 5.52 Å². The van der Waals surface area contributed by atoms with Gasteiger partial charge in [-0.2, -0.15) is 0 Å². The molecule has 0 rings (SSSR count). The van der Waals surface area contributed by atoms with Gasteiger partial charge in [0.1, 0.15) is 11.6 Å². The number of ketones is 2. The largest absolute Gasteiger partial charge is 0.465 e. The van der Waals surface area contributed by atoms with Crippen molar-refractivity contribution < 1.29 is 28.7 Å². The van der Waals surface area contributed by atoms with Crippen molar-refractivity contribution in [1.29, 1.82) is 0 Å². The van der Waals surface area contributed by atoms with Gasteiger partial charge < -0.3 is 9.47 Å². The highest BCUT2D eigenvalue weighted by Crippen LogP contribution is 2.38. The van der Waals surface area contributed by atoms with E-state index in [1.807, 2.05) is 83.1 Å². The molecule has 0 radical (unpaired) electrons. The molecule has 0 aromatic rings. The van der Waals surface area contributed by atoms with Crippen LogP contribution in [0.25, 0.3) is 0 Å². The van der Waals surface area contributed by atoms with Crippen molar-refractivity contribution in [2.24, 2.45) is 27.1 Å². The summed E-state index contributed by atoms with van der Waals surface area (Å²) in [4.78, 5) is 49.4. The van der Waals surface area contributed by atoms with E-state index in [-0.39, 0.29) is 40.7 Å². The third kappa shape index (κ3) is 12.8. The molecule has 0 N–H and O–H groups in total. The van der Waals surface area contributed by atoms with Crippen LogP contribution in [-0.4, -0.2) is 41.9 Å². The van der Waals surface area contributed by atoms with Crippen LogP contribution in [0.5, 0.6) is 0 Å². The van der Waals surface area contributed by atoms with Crippen molar-refractivity contribution in [2.45, 2.75) is 134 Å². The maximum atomic E-state index is 12.9. The van der Waals surface area contributed by atoms with Crippen LogP contribution in [0.1, 0.15) is 129 Å². The summed E-state index contributed by atoms with van der Waals surface area (Å²) in [5.41, 5.74) is -3.07. The molecule has 0 amide bonds. The lowest BCUT2D eigenvalue weighted by Crippen LogP contribution is -2.37. The Balaban J connectivity index is 4.68. The Morgan fingerprint density at radius 3 is 1.66 bits per heavy atom. The van der Waals surface area contributed by atoms with Gasteiger partial charge in [0.25, 0.3) is 0 Å². The third-order valence-corrected chi connectivity index (χ3v) is 8.53. The molecular formula is C31H57O6P. The molecule has 222 valence electrons. The van der Waals surface area contributed by atoms with E-state index in [4.69, 9.17) is 9.47 Å². The lowest BCUT2D eigenvalue weighted by Gasteiger charge is -2.33. The number of hydrogen-bond acceptors (Lipinski definition) is 6. The second-order valence-corrected chi connectivity index (χ2v) is 15.7. The van der Waals surface area contributed by atoms with Crippen molar-refractivity contribution in [2.75, 3.05) is 13.2 Å². The number of esters is 1. The number of rotatable bonds is 18. The molecule has 0 aromatic carbocycles. The van der Waals surface area contributed by atoms with Crippen LogP contribution >= 0.6 is 9.24 Å². The third-order valence-electron chi connectivity index (χ3n) is 7.74. The maximum absolute atomic E-state index is 12.9. The van der Waals surface area contributed by atoms with Gasteiger partial charge in [0.2, 0.25) is 0 Å². The molecule has 6 nitrogen and oxygen atoms in total. The summed E-state index contributed by atoms with van der Waals surface area (Å²) in [6.45, 7) is 25.5. The van der Waals surface area contributed by atoms with Crippen molar-refractivity contribution in [1.82, 2.24) is 0 Å². The van der Waals surface area contributed by atoms with Gasteiger partial charge in [0.05, 0.1) is 17.6 Å². The fourth-order valence-electron chi connectivity index (χ4n) is 4.81. The van der Waals surface area contributed by atoms with E-state index >= 15 is 0 Å². The fraction of sp³-hybridized carbons (Fsp3) is 0.871. The monoisotopic (exact) mass is 556 g/mol. The number of hydrogen-bond donors (Lipinski definition) is 0. The molecule has 0 saturated heterocycles. The topological polar surface area (TPSA) is 86.7 Å². The van der Waals surface area contributed by atoms with Gasteiger partial charge in [-0.1, -0.05) is 64.6 Å². The predicted octanol–water partition coefficient (Wildman–Crippen LogP) is 7.36. The summed E-state index contributed by atoms with van der Waals surface area (Å²) in [5.74, 6) is -0.0629. The molecule has 0 aromatic heterocycles. The first kappa shape index (κ1) is 36.9. The quantitative estimate of drug-likeness (QED) is 0.130. The molecule has 1 unspecified atom stereocenters. The number of carbonyl (C=O) groups is 4. The average molecular weight is 557 g/mol. The van der Waals surface area contributed by atoms with Gasteiger partial charge >= 0.3 is 5.97 Å². The molecule has 0 aliphatic carbocycles. The van der Waals surface area contributed by atoms with E-state index in [2.05, 4.69) is 9.24 Å². The Morgan fingerprint density at radius 2 is 1.18 bits per heavy atom. The minimum atomic E-state index is -0.753. The van der Waals surface area contributed by atoms with E-state index < -0.39 is 21.7 Å². The minimum Gasteiger partial charge on any atom is -0.465 e. The summed E-state index contributed by atoms with van der Waals surface area (Å²) >= 11 is 0. The Labute approximate surface area is 235 Å². The smallest absolute Gasteiger partial charge is 0.311 e. The van der Waals surface area contributed by atoms with Crippen LogP contribution in [-0.2, 0) is 28.7 Å². The zero-order chi connectivity index (χ0) is 30.4. The van der Waals surface area contributed by atoms with Crippen molar-refractivity contribution in [3.05, 3.63) is 0 Å². The van der Waals surface area contributed by atoms with E-state index in [1.54, 1.807) is 6.92 Å². The second-order valence-electron chi connectivity index (χ2n) is 15.2. The summed E-state index contributed by atoms with van der Waals surface area (Å²) in [7, 11) is 2.24. The second kappa shape index (κ2) is 13.5. The fourth-order valence-corrected chi connectivity index (χ4v) is 4.91. The van der Waals surface area contributed by atoms with Crippen LogP contribution in [0.15, 0.2) is 0 Å². The Morgan fingerprint density at radius 1 is 0.684 bits per heavy atom. The van der Waals surface area contributed by atoms with Gasteiger partial charge in [-0.25, -0.2) is 0 Å². The number of carbonyl (C=O) groups excluding carboxylic acids is 4. The van der Waals surface area contributed by atoms with E-state index in [1.165, 1.54) is 0 Å². The van der Waals surface area contributed by atoms with Crippen LogP contribution in [0.2, 0.25) is 0 Å². The van der Waals surface area contributed by atoms with Crippen molar-refractivity contribution in [3.8, 4) is 0 Å². The van der Waals surface area contributed by atoms with Gasteiger partial charge in [0, 0.05) is 34.7 Å². The first-order chi connectivity index (χ1) is 16.8. The molecule has 0 spiro atoms. The minimum absolute atomic E-state index is 0.0197. The van der Waals surface area contributed by atoms with Gasteiger partial charge in [-0.15, -0.1) is 0 Å². The normalized spacial score (nSPS) is 13.8. The summed E-state index contributed by atoms with van der Waals surface area (Å²) in [6, 6.07) is 0. The van der Waals surface area contributed by atoms with Gasteiger partial charge in [-0.3, -0.25) is 19.2 Å². The highest BCUT2D eigenvalue weighted by Gasteiger charge is 2.39. The van der Waals surface area contributed by atoms with Crippen LogP contribution in [0.3, 0.4) is 0 Å². The summed E-state index contributed by atoms with van der Waals surface area (Å²) in [5, 5.41) is 0. The lowest BCUT2D eigenvalue weighted by atomic mass is 9.72. The standard InChI is InChI=1S/C31H57O6P/c1-22(32)27(4,5)19-29(8,9)24(34)36-21-26(2,3)17-18-37-31(12,13)16-14-15-23(33)28(6,7)20-30(10,11)25(35)38/h14-21,38H2,1-13H3. The van der Waals surface area contributed by atoms with E-state index in [9.17, 15) is 19.2 Å². The Hall–Kier alpha value is -1.13. The van der Waals surface area contributed by atoms with E-state index in [0.717, 1.165) is 12.8 Å². The first-order valence-corrected chi connectivity index (χ1v) is 14.5. The highest BCUT2D eigenvalue weighted by molar-refractivity contribution is 7.40. The van der Waals surface area contributed by atoms with Crippen molar-refractivity contribution >= 4 is 32.3 Å². The molecule has 0 bridgehead atoms. The molecule has 0 saturated carbocycles. The summed E-state index contributed by atoms with van der Waals surface area (Å²) < 4.78 is 11.9. The Kier molecular flexibility index (Phi) is 13.1. The molecule has 0 aliphatic heterocycles. The van der Waals surface area contributed by atoms with Crippen LogP contribution in [0, 0.1) is 27.1 Å². The molecule has 0 fully saturated rings. The van der Waals surface area contributed by atoms with E-state index in [0.29, 0.717) is 32.3 Å². The molecule has 0 aliphatic rings. The van der Waals surface area contributed by atoms with Crippen LogP contribution < -0.4 is 0 Å². The van der Waals surface area contributed by atoms with Crippen LogP contribution in [0.4, 0.5) is 0 Å². The number of Topliss-reactive ketones (excluding diaryl/α,β-unsaturated/α-hetero) is 2. The predicted molar refractivity (Wildman–Crippen MR) is 158 cm³/mol.